The third kappa shape index (κ3) is 5.28. The highest BCUT2D eigenvalue weighted by Gasteiger charge is 2.34. The number of carbonyl (C=O) groups is 3. The molecule has 29 heavy (non-hydrogen) atoms. The maximum absolute atomic E-state index is 12.6. The first kappa shape index (κ1) is 20.2. The average molecular weight is 397 g/mol. The second-order valence-corrected chi connectivity index (χ2v) is 6.95. The highest BCUT2D eigenvalue weighted by molar-refractivity contribution is 6.05. The molecular weight excluding hydrogens is 374 g/mol. The highest BCUT2D eigenvalue weighted by Crippen LogP contribution is 2.19. The number of nitrogens with zero attached hydrogens (tertiary/aromatic N) is 3. The maximum Gasteiger partial charge on any atom is 0.243 e. The van der Waals surface area contributed by atoms with Gasteiger partial charge in [-0.1, -0.05) is 29.4 Å². The summed E-state index contributed by atoms with van der Waals surface area (Å²) in [5.74, 6) is -0.441. The first-order chi connectivity index (χ1) is 13.9. The van der Waals surface area contributed by atoms with Crippen LogP contribution in [-0.2, 0) is 20.9 Å². The Kier molecular flexibility index (Phi) is 6.38. The van der Waals surface area contributed by atoms with Gasteiger partial charge in [-0.15, -0.1) is 0 Å². The molecule has 0 bridgehead atoms. The van der Waals surface area contributed by atoms with E-state index in [1.807, 2.05) is 24.3 Å². The third-order valence-electron chi connectivity index (χ3n) is 4.63. The van der Waals surface area contributed by atoms with Crippen molar-refractivity contribution in [3.8, 4) is 11.4 Å². The van der Waals surface area contributed by atoms with Crippen LogP contribution in [-0.4, -0.2) is 45.2 Å². The first-order valence-electron chi connectivity index (χ1n) is 9.33. The molecule has 1 aromatic carbocycles. The van der Waals surface area contributed by atoms with E-state index >= 15 is 0 Å². The molecule has 1 saturated heterocycles. The highest BCUT2D eigenvalue weighted by atomic mass is 16.5. The molecule has 0 aliphatic carbocycles. The maximum atomic E-state index is 12.6. The second-order valence-electron chi connectivity index (χ2n) is 6.95. The summed E-state index contributed by atoms with van der Waals surface area (Å²) < 4.78 is 4.73. The molecule has 0 spiro atoms. The van der Waals surface area contributed by atoms with E-state index < -0.39 is 6.04 Å². The Morgan fingerprint density at radius 1 is 1.31 bits per heavy atom. The number of hydrogen-bond acceptors (Lipinski definition) is 7. The second kappa shape index (κ2) is 9.13. The van der Waals surface area contributed by atoms with Crippen molar-refractivity contribution in [1.29, 1.82) is 0 Å². The van der Waals surface area contributed by atoms with E-state index in [-0.39, 0.29) is 24.0 Å². The minimum absolute atomic E-state index is 0.226. The number of carbonyl (C=O) groups excluding carboxylic acids is 3. The van der Waals surface area contributed by atoms with Gasteiger partial charge in [0.2, 0.25) is 24.0 Å². The number of aromatic nitrogens is 2. The summed E-state index contributed by atoms with van der Waals surface area (Å²) in [5.41, 5.74) is 7.54. The number of nitrogens with one attached hydrogen (secondary N) is 1. The molecule has 2 amide bonds. The predicted octanol–water partition coefficient (Wildman–Crippen LogP) is 1.17. The van der Waals surface area contributed by atoms with E-state index in [1.54, 1.807) is 6.92 Å². The molecule has 1 fully saturated rings. The van der Waals surface area contributed by atoms with Crippen molar-refractivity contribution in [3.63, 3.8) is 0 Å². The lowest BCUT2D eigenvalue weighted by molar-refractivity contribution is -0.140. The number of hydrogen-bond donors (Lipinski definition) is 2. The van der Waals surface area contributed by atoms with Crippen LogP contribution >= 0.6 is 0 Å². The van der Waals surface area contributed by atoms with Gasteiger partial charge in [-0.25, -0.2) is 0 Å². The van der Waals surface area contributed by atoms with Crippen LogP contribution in [0.3, 0.4) is 0 Å². The Bertz CT molecular complexity index is 901. The van der Waals surface area contributed by atoms with Gasteiger partial charge < -0.3 is 20.5 Å². The van der Waals surface area contributed by atoms with Crippen molar-refractivity contribution in [2.75, 3.05) is 6.54 Å². The van der Waals surface area contributed by atoms with Crippen LogP contribution in [0.15, 0.2) is 47.0 Å². The van der Waals surface area contributed by atoms with Gasteiger partial charge in [-0.2, -0.15) is 4.98 Å². The molecule has 152 valence electrons. The van der Waals surface area contributed by atoms with Crippen LogP contribution in [0.2, 0.25) is 0 Å². The smallest absolute Gasteiger partial charge is 0.243 e. The molecule has 3 N–H and O–H groups in total. The summed E-state index contributed by atoms with van der Waals surface area (Å²) in [6.07, 6.45) is 3.52. The molecule has 1 aliphatic rings. The zero-order chi connectivity index (χ0) is 20.8. The van der Waals surface area contributed by atoms with Crippen molar-refractivity contribution in [1.82, 2.24) is 20.4 Å². The number of allylic oxidation sites excluding steroid dienone is 2. The standard InChI is InChI=1S/C20H23N5O4/c1-13(21)9-16(26)10-18(27)25-8-2-3-17(25)20(28)22-11-14-4-6-15(7-5-14)19-23-12-29-24-19/h4-7,9,12,17H,2-3,8,10-11,21H2,1H3,(H,22,28)/t17-/m0/s1. The molecule has 9 nitrogen and oxygen atoms in total. The normalized spacial score (nSPS) is 16.7. The molecule has 1 aliphatic heterocycles. The van der Waals surface area contributed by atoms with E-state index in [2.05, 4.69) is 15.5 Å². The largest absolute Gasteiger partial charge is 0.402 e. The van der Waals surface area contributed by atoms with Gasteiger partial charge >= 0.3 is 0 Å². The summed E-state index contributed by atoms with van der Waals surface area (Å²) in [6.45, 7) is 2.38. The monoisotopic (exact) mass is 397 g/mol. The Morgan fingerprint density at radius 2 is 2.07 bits per heavy atom. The number of likely N-dealkylation sites (tertiary alicyclic amines) is 1. The minimum Gasteiger partial charge on any atom is -0.402 e. The molecule has 3 rings (SSSR count). The molecule has 1 atom stereocenters. The SMILES string of the molecule is CC(N)=CC(=O)CC(=O)N1CCC[C@H]1C(=O)NCc1ccc(-c2ncon2)cc1. The lowest BCUT2D eigenvalue weighted by Crippen LogP contribution is -2.46. The van der Waals surface area contributed by atoms with Gasteiger partial charge in [0.05, 0.1) is 6.42 Å². The molecule has 1 aromatic heterocycles. The van der Waals surface area contributed by atoms with Crippen LogP contribution in [0.4, 0.5) is 0 Å². The van der Waals surface area contributed by atoms with Crippen LogP contribution in [0.5, 0.6) is 0 Å². The van der Waals surface area contributed by atoms with E-state index in [4.69, 9.17) is 10.3 Å². The summed E-state index contributed by atoms with van der Waals surface area (Å²) in [6, 6.07) is 6.86. The van der Waals surface area contributed by atoms with Crippen LogP contribution in [0.1, 0.15) is 31.7 Å². The number of benzene rings is 1. The molecule has 9 heteroatoms. The van der Waals surface area contributed by atoms with Crippen molar-refractivity contribution < 1.29 is 18.9 Å². The Balaban J connectivity index is 1.54. The number of nitrogens with two attached hydrogens (primary N) is 1. The van der Waals surface area contributed by atoms with Crippen molar-refractivity contribution in [2.45, 2.75) is 38.8 Å². The molecule has 0 unspecified atom stereocenters. The molecule has 2 aromatic rings. The quantitative estimate of drug-likeness (QED) is 0.529. The lowest BCUT2D eigenvalue weighted by Gasteiger charge is -2.23. The summed E-state index contributed by atoms with van der Waals surface area (Å²) >= 11 is 0. The van der Waals surface area contributed by atoms with Crippen molar-refractivity contribution in [2.24, 2.45) is 5.73 Å². The number of amides is 2. The molecule has 2 heterocycles. The van der Waals surface area contributed by atoms with Gasteiger partial charge in [0.1, 0.15) is 6.04 Å². The predicted molar refractivity (Wildman–Crippen MR) is 104 cm³/mol. The Hall–Kier alpha value is -3.49. The average Bonchev–Trinajstić information content (AvgIpc) is 3.37. The minimum atomic E-state index is -0.558. The lowest BCUT2D eigenvalue weighted by atomic mass is 10.1. The third-order valence-corrected chi connectivity index (χ3v) is 4.63. The fourth-order valence-corrected chi connectivity index (χ4v) is 3.27. The van der Waals surface area contributed by atoms with Gasteiger partial charge in [0.25, 0.3) is 0 Å². The summed E-state index contributed by atoms with van der Waals surface area (Å²) in [7, 11) is 0. The molecule has 0 radical (unpaired) electrons. The van der Waals surface area contributed by atoms with Gasteiger partial charge in [-0.3, -0.25) is 14.4 Å². The van der Waals surface area contributed by atoms with E-state index in [9.17, 15) is 14.4 Å². The van der Waals surface area contributed by atoms with Crippen molar-refractivity contribution >= 4 is 17.6 Å². The fourth-order valence-electron chi connectivity index (χ4n) is 3.27. The summed E-state index contributed by atoms with van der Waals surface area (Å²) in [5, 5.41) is 6.64. The topological polar surface area (TPSA) is 131 Å². The molecule has 0 saturated carbocycles. The van der Waals surface area contributed by atoms with Gasteiger partial charge in [0, 0.05) is 30.4 Å². The molecular formula is C20H23N5O4. The van der Waals surface area contributed by atoms with E-state index in [0.29, 0.717) is 31.0 Å². The van der Waals surface area contributed by atoms with Crippen LogP contribution in [0.25, 0.3) is 11.4 Å². The Labute approximate surface area is 167 Å². The van der Waals surface area contributed by atoms with Crippen molar-refractivity contribution in [3.05, 3.63) is 48.0 Å². The Morgan fingerprint density at radius 3 is 2.72 bits per heavy atom. The van der Waals surface area contributed by atoms with Gasteiger partial charge in [0.15, 0.2) is 5.78 Å². The van der Waals surface area contributed by atoms with E-state index in [1.165, 1.54) is 17.4 Å². The summed E-state index contributed by atoms with van der Waals surface area (Å²) in [4.78, 5) is 42.3. The fraction of sp³-hybridized carbons (Fsp3) is 0.350. The first-order valence-corrected chi connectivity index (χ1v) is 9.33. The zero-order valence-electron chi connectivity index (χ0n) is 16.1. The zero-order valence-corrected chi connectivity index (χ0v) is 16.1. The number of rotatable bonds is 7. The number of ketones is 1. The van der Waals surface area contributed by atoms with E-state index in [0.717, 1.165) is 17.5 Å². The van der Waals surface area contributed by atoms with Crippen LogP contribution < -0.4 is 11.1 Å². The van der Waals surface area contributed by atoms with Crippen LogP contribution in [0, 0.1) is 0 Å². The van der Waals surface area contributed by atoms with Gasteiger partial charge in [-0.05, 0) is 25.3 Å².